The number of nitrogens with one attached hydrogen (secondary N) is 2. The number of benzene rings is 1. The van der Waals surface area contributed by atoms with Crippen molar-refractivity contribution in [2.24, 2.45) is 0 Å². The number of aliphatic hydroxyl groups is 1. The van der Waals surface area contributed by atoms with Crippen molar-refractivity contribution in [2.75, 3.05) is 25.0 Å². The average molecular weight is 285 g/mol. The predicted octanol–water partition coefficient (Wildman–Crippen LogP) is 1.98. The van der Waals surface area contributed by atoms with Crippen LogP contribution < -0.4 is 10.6 Å². The van der Waals surface area contributed by atoms with Gasteiger partial charge in [0.25, 0.3) is 0 Å². The van der Waals surface area contributed by atoms with Crippen LogP contribution in [0.2, 0.25) is 0 Å². The van der Waals surface area contributed by atoms with E-state index < -0.39 is 5.60 Å². The molecule has 0 saturated carbocycles. The van der Waals surface area contributed by atoms with Crippen LogP contribution in [0.4, 0.5) is 5.69 Å². The molecule has 0 spiro atoms. The number of halogens is 1. The number of hydrogen-bond acceptors (Lipinski definition) is 3. The van der Waals surface area contributed by atoms with E-state index in [1.165, 1.54) is 0 Å². The summed E-state index contributed by atoms with van der Waals surface area (Å²) in [4.78, 5) is 0. The molecule has 88 valence electrons. The summed E-state index contributed by atoms with van der Waals surface area (Å²) in [5.41, 5.74) is 0.438. The Morgan fingerprint density at radius 1 is 1.38 bits per heavy atom. The number of anilines is 1. The van der Waals surface area contributed by atoms with Crippen molar-refractivity contribution in [3.05, 3.63) is 28.7 Å². The highest BCUT2D eigenvalue weighted by molar-refractivity contribution is 9.10. The van der Waals surface area contributed by atoms with E-state index in [0.29, 0.717) is 13.1 Å². The van der Waals surface area contributed by atoms with Gasteiger partial charge < -0.3 is 15.7 Å². The fraction of sp³-hybridized carbons (Fsp3) is 0.500. The van der Waals surface area contributed by atoms with Gasteiger partial charge in [0.05, 0.1) is 5.60 Å². The first-order valence-electron chi connectivity index (χ1n) is 5.61. The van der Waals surface area contributed by atoms with E-state index in [1.54, 1.807) is 0 Å². The van der Waals surface area contributed by atoms with Crippen LogP contribution in [0.25, 0.3) is 0 Å². The molecule has 3 nitrogen and oxygen atoms in total. The minimum absolute atomic E-state index is 0.599. The highest BCUT2D eigenvalue weighted by atomic mass is 79.9. The molecular formula is C12H17BrN2O. The number of β-amino-alcohol motifs (C(OH)–C–C–N with tert-alkyl or cyclic N) is 1. The second kappa shape index (κ2) is 5.17. The van der Waals surface area contributed by atoms with E-state index in [0.717, 1.165) is 29.5 Å². The lowest BCUT2D eigenvalue weighted by Gasteiger charge is -2.33. The maximum absolute atomic E-state index is 10.3. The quantitative estimate of drug-likeness (QED) is 0.795. The van der Waals surface area contributed by atoms with Gasteiger partial charge in [-0.15, -0.1) is 0 Å². The standard InChI is InChI=1S/C12H17BrN2O/c13-10-2-4-11(5-3-10)15-9-12(16)6-1-7-14-8-12/h2-5,14-16H,1,6-9H2. The Bertz CT molecular complexity index is 333. The Hall–Kier alpha value is -0.580. The monoisotopic (exact) mass is 284 g/mol. The zero-order chi connectivity index (χ0) is 11.4. The van der Waals surface area contributed by atoms with Gasteiger partial charge in [-0.2, -0.15) is 0 Å². The molecule has 0 bridgehead atoms. The molecule has 1 atom stereocenters. The molecule has 0 aliphatic carbocycles. The van der Waals surface area contributed by atoms with E-state index in [4.69, 9.17) is 0 Å². The maximum atomic E-state index is 10.3. The zero-order valence-electron chi connectivity index (χ0n) is 9.17. The van der Waals surface area contributed by atoms with Gasteiger partial charge in [0.1, 0.15) is 0 Å². The lowest BCUT2D eigenvalue weighted by atomic mass is 9.94. The molecule has 1 fully saturated rings. The van der Waals surface area contributed by atoms with Gasteiger partial charge in [0, 0.05) is 23.2 Å². The summed E-state index contributed by atoms with van der Waals surface area (Å²) in [6.07, 6.45) is 1.90. The van der Waals surface area contributed by atoms with Crippen LogP contribution >= 0.6 is 15.9 Å². The number of hydrogen-bond donors (Lipinski definition) is 3. The summed E-state index contributed by atoms with van der Waals surface area (Å²) in [7, 11) is 0. The van der Waals surface area contributed by atoms with E-state index in [-0.39, 0.29) is 0 Å². The Balaban J connectivity index is 1.88. The van der Waals surface area contributed by atoms with Gasteiger partial charge in [-0.1, -0.05) is 15.9 Å². The van der Waals surface area contributed by atoms with Crippen LogP contribution in [-0.2, 0) is 0 Å². The molecule has 0 aromatic heterocycles. The van der Waals surface area contributed by atoms with Gasteiger partial charge in [0.2, 0.25) is 0 Å². The molecule has 1 aliphatic heterocycles. The fourth-order valence-electron chi connectivity index (χ4n) is 1.94. The van der Waals surface area contributed by atoms with Crippen LogP contribution in [0, 0.1) is 0 Å². The first-order chi connectivity index (χ1) is 7.68. The van der Waals surface area contributed by atoms with Gasteiger partial charge in [-0.3, -0.25) is 0 Å². The summed E-state index contributed by atoms with van der Waals surface area (Å²) >= 11 is 3.40. The maximum Gasteiger partial charge on any atom is 0.0943 e. The molecule has 1 heterocycles. The highest BCUT2D eigenvalue weighted by Gasteiger charge is 2.28. The molecule has 1 aromatic carbocycles. The van der Waals surface area contributed by atoms with Gasteiger partial charge >= 0.3 is 0 Å². The van der Waals surface area contributed by atoms with E-state index in [1.807, 2.05) is 24.3 Å². The van der Waals surface area contributed by atoms with Gasteiger partial charge in [-0.05, 0) is 43.7 Å². The van der Waals surface area contributed by atoms with Gasteiger partial charge in [0.15, 0.2) is 0 Å². The minimum Gasteiger partial charge on any atom is -0.387 e. The largest absolute Gasteiger partial charge is 0.387 e. The van der Waals surface area contributed by atoms with Crippen molar-refractivity contribution in [2.45, 2.75) is 18.4 Å². The van der Waals surface area contributed by atoms with Crippen LogP contribution in [0.15, 0.2) is 28.7 Å². The molecule has 0 radical (unpaired) electrons. The smallest absolute Gasteiger partial charge is 0.0943 e. The summed E-state index contributed by atoms with van der Waals surface area (Å²) in [5, 5.41) is 16.7. The Morgan fingerprint density at radius 2 is 2.12 bits per heavy atom. The average Bonchev–Trinajstić information content (AvgIpc) is 2.29. The summed E-state index contributed by atoms with van der Waals surface area (Å²) in [5.74, 6) is 0. The van der Waals surface area contributed by atoms with Crippen LogP contribution in [0.1, 0.15) is 12.8 Å². The molecule has 2 rings (SSSR count). The molecule has 3 N–H and O–H groups in total. The summed E-state index contributed by atoms with van der Waals surface area (Å²) in [6, 6.07) is 7.99. The normalized spacial score (nSPS) is 25.4. The molecule has 1 unspecified atom stereocenters. The topological polar surface area (TPSA) is 44.3 Å². The molecule has 1 aliphatic rings. The Morgan fingerprint density at radius 3 is 2.75 bits per heavy atom. The number of rotatable bonds is 3. The van der Waals surface area contributed by atoms with E-state index in [9.17, 15) is 5.11 Å². The third-order valence-corrected chi connectivity index (χ3v) is 3.44. The van der Waals surface area contributed by atoms with Crippen molar-refractivity contribution < 1.29 is 5.11 Å². The van der Waals surface area contributed by atoms with Crippen LogP contribution in [-0.4, -0.2) is 30.3 Å². The lowest BCUT2D eigenvalue weighted by molar-refractivity contribution is 0.0292. The summed E-state index contributed by atoms with van der Waals surface area (Å²) in [6.45, 7) is 2.29. The molecule has 16 heavy (non-hydrogen) atoms. The van der Waals surface area contributed by atoms with Crippen molar-refractivity contribution >= 4 is 21.6 Å². The second-order valence-electron chi connectivity index (χ2n) is 4.37. The van der Waals surface area contributed by atoms with E-state index in [2.05, 4.69) is 26.6 Å². The van der Waals surface area contributed by atoms with Crippen molar-refractivity contribution in [3.8, 4) is 0 Å². The SMILES string of the molecule is OC1(CNc2ccc(Br)cc2)CCCNC1. The Labute approximate surface area is 104 Å². The van der Waals surface area contributed by atoms with Crippen molar-refractivity contribution in [1.29, 1.82) is 0 Å². The lowest BCUT2D eigenvalue weighted by Crippen LogP contribution is -2.50. The van der Waals surface area contributed by atoms with Crippen LogP contribution in [0.3, 0.4) is 0 Å². The molecular weight excluding hydrogens is 268 g/mol. The van der Waals surface area contributed by atoms with Gasteiger partial charge in [-0.25, -0.2) is 0 Å². The first-order valence-corrected chi connectivity index (χ1v) is 6.40. The fourth-order valence-corrected chi connectivity index (χ4v) is 2.20. The zero-order valence-corrected chi connectivity index (χ0v) is 10.8. The molecule has 1 saturated heterocycles. The Kier molecular flexibility index (Phi) is 3.84. The summed E-state index contributed by atoms with van der Waals surface area (Å²) < 4.78 is 1.07. The highest BCUT2D eigenvalue weighted by Crippen LogP contribution is 2.18. The first kappa shape index (κ1) is 11.9. The third-order valence-electron chi connectivity index (χ3n) is 2.92. The molecule has 4 heteroatoms. The minimum atomic E-state index is -0.606. The van der Waals surface area contributed by atoms with Crippen LogP contribution in [0.5, 0.6) is 0 Å². The predicted molar refractivity (Wildman–Crippen MR) is 69.7 cm³/mol. The van der Waals surface area contributed by atoms with Crippen molar-refractivity contribution in [3.63, 3.8) is 0 Å². The number of piperidine rings is 1. The molecule has 1 aromatic rings. The third kappa shape index (κ3) is 3.20. The van der Waals surface area contributed by atoms with E-state index >= 15 is 0 Å². The second-order valence-corrected chi connectivity index (χ2v) is 5.28. The molecule has 0 amide bonds. The van der Waals surface area contributed by atoms with Crippen molar-refractivity contribution in [1.82, 2.24) is 5.32 Å².